The monoisotopic (exact) mass is 448 g/mol. The maximum absolute atomic E-state index is 4.72. The Kier molecular flexibility index (Phi) is 8.45. The van der Waals surface area contributed by atoms with Crippen LogP contribution >= 0.6 is 24.0 Å². The number of guanidine groups is 1. The molecule has 0 amide bonds. The number of hydrogen-bond donors (Lipinski definition) is 2. The van der Waals surface area contributed by atoms with Crippen molar-refractivity contribution in [3.05, 3.63) is 11.6 Å². The molecule has 2 N–H and O–H groups in total. The van der Waals surface area contributed by atoms with Crippen molar-refractivity contribution in [1.82, 2.24) is 25.4 Å². The minimum absolute atomic E-state index is 0. The molecule has 1 aromatic rings. The molecule has 0 saturated heterocycles. The first-order valence-electron chi connectivity index (χ1n) is 8.82. The lowest BCUT2D eigenvalue weighted by molar-refractivity contribution is 0.367. The maximum Gasteiger partial charge on any atom is 0.191 e. The Morgan fingerprint density at radius 1 is 1.38 bits per heavy atom. The number of hydrogen-bond acceptors (Lipinski definition) is 3. The number of fused-ring (bicyclic) bond motifs is 1. The third-order valence-corrected chi connectivity index (χ3v) is 4.00. The van der Waals surface area contributed by atoms with Crippen molar-refractivity contribution in [3.63, 3.8) is 0 Å². The highest BCUT2D eigenvalue weighted by molar-refractivity contribution is 14.0. The van der Waals surface area contributed by atoms with Gasteiger partial charge in [0, 0.05) is 25.6 Å². The van der Waals surface area contributed by atoms with Crippen LogP contribution in [0.4, 0.5) is 0 Å². The molecule has 0 saturated carbocycles. The van der Waals surface area contributed by atoms with E-state index in [0.717, 1.165) is 56.5 Å². The lowest BCUT2D eigenvalue weighted by Crippen LogP contribution is -2.47. The molecule has 2 rings (SSSR count). The van der Waals surface area contributed by atoms with Crippen LogP contribution in [0.1, 0.15) is 58.6 Å². The molecule has 1 unspecified atom stereocenters. The molecule has 0 aromatic carbocycles. The Morgan fingerprint density at radius 2 is 2.12 bits per heavy atom. The fraction of sp³-hybridized carbons (Fsp3) is 0.824. The highest BCUT2D eigenvalue weighted by Gasteiger charge is 2.21. The van der Waals surface area contributed by atoms with Gasteiger partial charge in [-0.3, -0.25) is 4.99 Å². The van der Waals surface area contributed by atoms with Gasteiger partial charge in [-0.15, -0.1) is 24.0 Å². The molecule has 0 radical (unpaired) electrons. The van der Waals surface area contributed by atoms with Gasteiger partial charge in [0.25, 0.3) is 0 Å². The van der Waals surface area contributed by atoms with Crippen molar-refractivity contribution in [1.29, 1.82) is 0 Å². The van der Waals surface area contributed by atoms with Gasteiger partial charge in [-0.05, 0) is 38.5 Å². The number of rotatable bonds is 5. The van der Waals surface area contributed by atoms with Gasteiger partial charge in [0.1, 0.15) is 11.6 Å². The lowest BCUT2D eigenvalue weighted by atomic mass is 9.91. The second-order valence-corrected chi connectivity index (χ2v) is 7.56. The number of aryl methyl sites for hydroxylation is 2. The fourth-order valence-electron chi connectivity index (χ4n) is 2.87. The van der Waals surface area contributed by atoms with Crippen LogP contribution < -0.4 is 10.6 Å². The molecule has 0 bridgehead atoms. The molecule has 1 aromatic heterocycles. The van der Waals surface area contributed by atoms with E-state index in [1.165, 1.54) is 6.42 Å². The summed E-state index contributed by atoms with van der Waals surface area (Å²) >= 11 is 0. The summed E-state index contributed by atoms with van der Waals surface area (Å²) in [6, 6.07) is 0.365. The zero-order valence-corrected chi connectivity index (χ0v) is 18.1. The zero-order valence-electron chi connectivity index (χ0n) is 15.7. The first kappa shape index (κ1) is 21.2. The SMILES string of the molecule is CCNC(=NCCCC(C)(C)C)NC1CCc2nc(C)nn2C1.I. The topological polar surface area (TPSA) is 67.1 Å². The average molecular weight is 448 g/mol. The quantitative estimate of drug-likeness (QED) is 0.315. The molecular weight excluding hydrogens is 415 g/mol. The van der Waals surface area contributed by atoms with E-state index in [4.69, 9.17) is 4.99 Å². The Morgan fingerprint density at radius 3 is 2.79 bits per heavy atom. The van der Waals surface area contributed by atoms with Crippen LogP contribution in [0.2, 0.25) is 0 Å². The molecule has 24 heavy (non-hydrogen) atoms. The van der Waals surface area contributed by atoms with Gasteiger partial charge in [0.2, 0.25) is 0 Å². The van der Waals surface area contributed by atoms with E-state index in [1.807, 2.05) is 11.6 Å². The molecule has 1 aliphatic heterocycles. The van der Waals surface area contributed by atoms with Gasteiger partial charge in [0.15, 0.2) is 5.96 Å². The van der Waals surface area contributed by atoms with Crippen molar-refractivity contribution in [3.8, 4) is 0 Å². The smallest absolute Gasteiger partial charge is 0.191 e. The summed E-state index contributed by atoms with van der Waals surface area (Å²) in [4.78, 5) is 9.18. The zero-order chi connectivity index (χ0) is 16.9. The summed E-state index contributed by atoms with van der Waals surface area (Å²) in [6.07, 6.45) is 4.37. The van der Waals surface area contributed by atoms with E-state index < -0.39 is 0 Å². The molecule has 1 atom stereocenters. The molecule has 2 heterocycles. The van der Waals surface area contributed by atoms with Crippen molar-refractivity contribution in [2.24, 2.45) is 10.4 Å². The van der Waals surface area contributed by atoms with E-state index in [1.54, 1.807) is 0 Å². The number of nitrogens with one attached hydrogen (secondary N) is 2. The Hall–Kier alpha value is -0.860. The summed E-state index contributed by atoms with van der Waals surface area (Å²) in [7, 11) is 0. The van der Waals surface area contributed by atoms with Gasteiger partial charge in [-0.25, -0.2) is 9.67 Å². The van der Waals surface area contributed by atoms with E-state index in [2.05, 4.69) is 48.4 Å². The summed E-state index contributed by atoms with van der Waals surface area (Å²) < 4.78 is 2.03. The van der Waals surface area contributed by atoms with Crippen LogP contribution in [-0.4, -0.2) is 39.9 Å². The van der Waals surface area contributed by atoms with E-state index >= 15 is 0 Å². The maximum atomic E-state index is 4.72. The second kappa shape index (κ2) is 9.58. The standard InChI is InChI=1S/C17H32N6.HI/c1-6-18-16(19-11-7-10-17(3,4)5)21-14-8-9-15-20-13(2)22-23(15)12-14;/h14H,6-12H2,1-5H3,(H2,18,19,21);1H. The van der Waals surface area contributed by atoms with Gasteiger partial charge in [-0.2, -0.15) is 5.10 Å². The van der Waals surface area contributed by atoms with Crippen LogP contribution in [0.3, 0.4) is 0 Å². The van der Waals surface area contributed by atoms with Crippen LogP contribution in [0, 0.1) is 12.3 Å². The Labute approximate surface area is 163 Å². The highest BCUT2D eigenvalue weighted by Crippen LogP contribution is 2.20. The second-order valence-electron chi connectivity index (χ2n) is 7.56. The van der Waals surface area contributed by atoms with Crippen LogP contribution in [0.25, 0.3) is 0 Å². The van der Waals surface area contributed by atoms with E-state index in [-0.39, 0.29) is 24.0 Å². The highest BCUT2D eigenvalue weighted by atomic mass is 127. The molecule has 0 aliphatic carbocycles. The van der Waals surface area contributed by atoms with E-state index in [9.17, 15) is 0 Å². The summed E-state index contributed by atoms with van der Waals surface area (Å²) in [5.74, 6) is 2.89. The largest absolute Gasteiger partial charge is 0.357 e. The fourth-order valence-corrected chi connectivity index (χ4v) is 2.87. The lowest BCUT2D eigenvalue weighted by Gasteiger charge is -2.25. The van der Waals surface area contributed by atoms with E-state index in [0.29, 0.717) is 11.5 Å². The van der Waals surface area contributed by atoms with Gasteiger partial charge in [0.05, 0.1) is 6.54 Å². The number of aliphatic imine (C=N–C) groups is 1. The van der Waals surface area contributed by atoms with Crippen molar-refractivity contribution in [2.75, 3.05) is 13.1 Å². The number of halogens is 1. The number of aromatic nitrogens is 3. The molecule has 138 valence electrons. The summed E-state index contributed by atoms with van der Waals surface area (Å²) in [6.45, 7) is 13.5. The predicted molar refractivity (Wildman–Crippen MR) is 110 cm³/mol. The Balaban J connectivity index is 0.00000288. The van der Waals surface area contributed by atoms with Gasteiger partial charge < -0.3 is 10.6 Å². The number of nitrogens with zero attached hydrogens (tertiary/aromatic N) is 4. The first-order valence-corrected chi connectivity index (χ1v) is 8.82. The molecule has 7 heteroatoms. The first-order chi connectivity index (χ1) is 10.9. The van der Waals surface area contributed by atoms with Crippen molar-refractivity contribution in [2.45, 2.75) is 72.9 Å². The third kappa shape index (κ3) is 6.94. The van der Waals surface area contributed by atoms with Crippen LogP contribution in [0.15, 0.2) is 4.99 Å². The molecule has 6 nitrogen and oxygen atoms in total. The van der Waals surface area contributed by atoms with Crippen molar-refractivity contribution < 1.29 is 0 Å². The van der Waals surface area contributed by atoms with Crippen molar-refractivity contribution >= 4 is 29.9 Å². The molecule has 0 spiro atoms. The molecule has 0 fully saturated rings. The normalized spacial score (nSPS) is 17.9. The van der Waals surface area contributed by atoms with Gasteiger partial charge in [-0.1, -0.05) is 20.8 Å². The summed E-state index contributed by atoms with van der Waals surface area (Å²) in [5.41, 5.74) is 0.381. The molecule has 1 aliphatic rings. The minimum Gasteiger partial charge on any atom is -0.357 e. The Bertz CT molecular complexity index is 532. The predicted octanol–water partition coefficient (Wildman–Crippen LogP) is 2.90. The van der Waals surface area contributed by atoms with Gasteiger partial charge >= 0.3 is 0 Å². The minimum atomic E-state index is 0. The van der Waals surface area contributed by atoms with Crippen LogP contribution in [-0.2, 0) is 13.0 Å². The average Bonchev–Trinajstić information content (AvgIpc) is 2.82. The molecular formula is C17H33IN6. The third-order valence-electron chi connectivity index (χ3n) is 4.00. The summed E-state index contributed by atoms with van der Waals surface area (Å²) in [5, 5.41) is 11.4. The van der Waals surface area contributed by atoms with Crippen LogP contribution in [0.5, 0.6) is 0 Å².